The first-order valence-electron chi connectivity index (χ1n) is 7.50. The van der Waals surface area contributed by atoms with Gasteiger partial charge in [0.15, 0.2) is 5.65 Å². The Labute approximate surface area is 149 Å². The maximum atomic E-state index is 11.0. The number of halogens is 1. The molecule has 3 rings (SSSR count). The predicted octanol–water partition coefficient (Wildman–Crippen LogP) is 3.45. The van der Waals surface area contributed by atoms with Crippen molar-refractivity contribution in [2.45, 2.75) is 24.6 Å². The van der Waals surface area contributed by atoms with E-state index in [-0.39, 0.29) is 0 Å². The van der Waals surface area contributed by atoms with Crippen LogP contribution < -0.4 is 0 Å². The number of nitrogens with zero attached hydrogens (tertiary/aromatic N) is 3. The number of rotatable bonds is 6. The van der Waals surface area contributed by atoms with Gasteiger partial charge in [-0.1, -0.05) is 23.7 Å². The van der Waals surface area contributed by atoms with E-state index in [4.69, 9.17) is 16.7 Å². The van der Waals surface area contributed by atoms with E-state index in [1.807, 2.05) is 36.4 Å². The minimum atomic E-state index is -0.920. The first-order chi connectivity index (χ1) is 11.5. The second kappa shape index (κ2) is 7.23. The highest BCUT2D eigenvalue weighted by molar-refractivity contribution is 7.81. The number of aryl methyl sites for hydroxylation is 1. The monoisotopic (exact) mass is 361 g/mol. The van der Waals surface area contributed by atoms with Crippen LogP contribution in [0.4, 0.5) is 0 Å². The standard InChI is InChI=1S/C17H16ClN3O2S/c18-12-5-3-11(4-6-12)10-21-13-2-1-9-19-16(13)20-15(21)8-7-14(24)17(22)23/h1-6,9,14,24H,7-8,10H2,(H,22,23). The van der Waals surface area contributed by atoms with Gasteiger partial charge >= 0.3 is 5.97 Å². The van der Waals surface area contributed by atoms with Gasteiger partial charge in [-0.3, -0.25) is 4.79 Å². The molecule has 3 aromatic rings. The topological polar surface area (TPSA) is 68.0 Å². The Kier molecular flexibility index (Phi) is 5.06. The molecule has 0 amide bonds. The van der Waals surface area contributed by atoms with Crippen molar-refractivity contribution >= 4 is 41.4 Å². The summed E-state index contributed by atoms with van der Waals surface area (Å²) in [5.74, 6) is -0.115. The van der Waals surface area contributed by atoms with Crippen LogP contribution in [0.5, 0.6) is 0 Å². The number of imidazole rings is 1. The molecule has 1 aromatic carbocycles. The van der Waals surface area contributed by atoms with Gasteiger partial charge in [-0.05, 0) is 36.2 Å². The van der Waals surface area contributed by atoms with Crippen LogP contribution in [0.3, 0.4) is 0 Å². The van der Waals surface area contributed by atoms with Crippen molar-refractivity contribution in [2.75, 3.05) is 0 Å². The summed E-state index contributed by atoms with van der Waals surface area (Å²) >= 11 is 10.0. The van der Waals surface area contributed by atoms with Crippen LogP contribution in [0.2, 0.25) is 5.02 Å². The van der Waals surface area contributed by atoms with Gasteiger partial charge in [0.1, 0.15) is 5.82 Å². The van der Waals surface area contributed by atoms with Gasteiger partial charge < -0.3 is 9.67 Å². The number of carboxylic acids is 1. The quantitative estimate of drug-likeness (QED) is 0.660. The van der Waals surface area contributed by atoms with Gasteiger partial charge in [-0.15, -0.1) is 0 Å². The molecule has 24 heavy (non-hydrogen) atoms. The minimum Gasteiger partial charge on any atom is -0.480 e. The lowest BCUT2D eigenvalue weighted by Gasteiger charge is -2.10. The fraction of sp³-hybridized carbons (Fsp3) is 0.235. The van der Waals surface area contributed by atoms with Crippen molar-refractivity contribution in [3.63, 3.8) is 0 Å². The average Bonchev–Trinajstić information content (AvgIpc) is 2.92. The second-order valence-corrected chi connectivity index (χ2v) is 6.54. The molecule has 0 aliphatic heterocycles. The van der Waals surface area contributed by atoms with Gasteiger partial charge in [-0.25, -0.2) is 9.97 Å². The number of fused-ring (bicyclic) bond motifs is 1. The number of pyridine rings is 1. The fourth-order valence-electron chi connectivity index (χ4n) is 2.54. The first-order valence-corrected chi connectivity index (χ1v) is 8.39. The Morgan fingerprint density at radius 2 is 2.04 bits per heavy atom. The van der Waals surface area contributed by atoms with Crippen LogP contribution in [-0.2, 0) is 17.8 Å². The molecule has 0 bridgehead atoms. The summed E-state index contributed by atoms with van der Waals surface area (Å²) in [4.78, 5) is 19.8. The van der Waals surface area contributed by atoms with E-state index < -0.39 is 11.2 Å². The third kappa shape index (κ3) is 3.71. The van der Waals surface area contributed by atoms with Crippen molar-refractivity contribution in [3.05, 3.63) is 59.0 Å². The number of hydrogen-bond donors (Lipinski definition) is 2. The number of aliphatic carboxylic acids is 1. The van der Waals surface area contributed by atoms with Crippen molar-refractivity contribution in [3.8, 4) is 0 Å². The van der Waals surface area contributed by atoms with E-state index in [1.54, 1.807) is 6.20 Å². The molecule has 5 nitrogen and oxygen atoms in total. The van der Waals surface area contributed by atoms with E-state index >= 15 is 0 Å². The van der Waals surface area contributed by atoms with E-state index in [1.165, 1.54) is 0 Å². The number of benzene rings is 1. The third-order valence-corrected chi connectivity index (χ3v) is 4.51. The molecule has 124 valence electrons. The molecule has 0 fully saturated rings. The number of thiol groups is 1. The maximum absolute atomic E-state index is 11.0. The summed E-state index contributed by atoms with van der Waals surface area (Å²) in [5, 5.41) is 8.99. The lowest BCUT2D eigenvalue weighted by molar-refractivity contribution is -0.136. The molecule has 0 radical (unpaired) electrons. The predicted molar refractivity (Wildman–Crippen MR) is 96.8 cm³/mol. The fourth-order valence-corrected chi connectivity index (χ4v) is 2.79. The Morgan fingerprint density at radius 1 is 1.29 bits per heavy atom. The third-order valence-electron chi connectivity index (χ3n) is 3.78. The van der Waals surface area contributed by atoms with Crippen molar-refractivity contribution in [1.29, 1.82) is 0 Å². The molecule has 0 aliphatic carbocycles. The van der Waals surface area contributed by atoms with Gasteiger partial charge in [-0.2, -0.15) is 12.6 Å². The minimum absolute atomic E-state index is 0.405. The van der Waals surface area contributed by atoms with Gasteiger partial charge in [0, 0.05) is 24.2 Å². The summed E-state index contributed by atoms with van der Waals surface area (Å²) in [6.07, 6.45) is 2.62. The smallest absolute Gasteiger partial charge is 0.316 e. The Hall–Kier alpha value is -2.05. The highest BCUT2D eigenvalue weighted by Crippen LogP contribution is 2.19. The van der Waals surface area contributed by atoms with Crippen molar-refractivity contribution in [1.82, 2.24) is 14.5 Å². The summed E-state index contributed by atoms with van der Waals surface area (Å²) in [5.41, 5.74) is 2.67. The molecule has 0 saturated heterocycles. The van der Waals surface area contributed by atoms with Crippen LogP contribution in [0, 0.1) is 0 Å². The molecular formula is C17H16ClN3O2S. The van der Waals surface area contributed by atoms with Crippen molar-refractivity contribution < 1.29 is 9.90 Å². The average molecular weight is 362 g/mol. The first kappa shape index (κ1) is 16.8. The number of aromatic nitrogens is 3. The summed E-state index contributed by atoms with van der Waals surface area (Å²) in [6.45, 7) is 0.624. The zero-order valence-corrected chi connectivity index (χ0v) is 14.4. The largest absolute Gasteiger partial charge is 0.480 e. The van der Waals surface area contributed by atoms with Crippen LogP contribution in [0.25, 0.3) is 11.2 Å². The molecule has 1 atom stereocenters. The van der Waals surface area contributed by atoms with Crippen LogP contribution >= 0.6 is 24.2 Å². The zero-order chi connectivity index (χ0) is 17.1. The maximum Gasteiger partial charge on any atom is 0.316 e. The Balaban J connectivity index is 1.92. The molecule has 2 aromatic heterocycles. The van der Waals surface area contributed by atoms with E-state index in [9.17, 15) is 4.79 Å². The number of hydrogen-bond acceptors (Lipinski definition) is 4. The summed E-state index contributed by atoms with van der Waals surface area (Å²) in [7, 11) is 0. The number of carbonyl (C=O) groups is 1. The van der Waals surface area contributed by atoms with E-state index in [2.05, 4.69) is 27.2 Å². The lowest BCUT2D eigenvalue weighted by atomic mass is 10.2. The van der Waals surface area contributed by atoms with Gasteiger partial charge in [0.25, 0.3) is 0 Å². The SMILES string of the molecule is O=C(O)C(S)CCc1nc2ncccc2n1Cc1ccc(Cl)cc1. The molecule has 0 saturated carbocycles. The summed E-state index contributed by atoms with van der Waals surface area (Å²) in [6, 6.07) is 11.5. The molecule has 1 unspecified atom stereocenters. The summed E-state index contributed by atoms with van der Waals surface area (Å²) < 4.78 is 2.06. The molecule has 0 aliphatic rings. The molecule has 0 spiro atoms. The van der Waals surface area contributed by atoms with Gasteiger partial charge in [0.05, 0.1) is 10.8 Å². The van der Waals surface area contributed by atoms with Crippen LogP contribution in [-0.4, -0.2) is 30.9 Å². The Bertz CT molecular complexity index is 864. The lowest BCUT2D eigenvalue weighted by Crippen LogP contribution is -2.15. The van der Waals surface area contributed by atoms with Crippen LogP contribution in [0.15, 0.2) is 42.6 Å². The van der Waals surface area contributed by atoms with E-state index in [0.717, 1.165) is 16.9 Å². The van der Waals surface area contributed by atoms with Gasteiger partial charge in [0.2, 0.25) is 0 Å². The van der Waals surface area contributed by atoms with Crippen molar-refractivity contribution in [2.24, 2.45) is 0 Å². The molecule has 2 heterocycles. The second-order valence-electron chi connectivity index (χ2n) is 5.48. The molecule has 7 heteroatoms. The normalized spacial score (nSPS) is 12.4. The molecular weight excluding hydrogens is 346 g/mol. The zero-order valence-electron chi connectivity index (χ0n) is 12.8. The van der Waals surface area contributed by atoms with Crippen LogP contribution in [0.1, 0.15) is 17.8 Å². The van der Waals surface area contributed by atoms with E-state index in [0.29, 0.717) is 30.1 Å². The Morgan fingerprint density at radius 3 is 2.75 bits per heavy atom. The highest BCUT2D eigenvalue weighted by Gasteiger charge is 2.16. The highest BCUT2D eigenvalue weighted by atomic mass is 35.5. The number of carboxylic acid groups (broad SMARTS) is 1. The molecule has 1 N–H and O–H groups in total.